The summed E-state index contributed by atoms with van der Waals surface area (Å²) in [6.45, 7) is 4.01. The van der Waals surface area contributed by atoms with Crippen LogP contribution in [0, 0.1) is 0 Å². The zero-order chi connectivity index (χ0) is 15.2. The van der Waals surface area contributed by atoms with Crippen molar-refractivity contribution in [2.45, 2.75) is 32.0 Å². The fourth-order valence-electron chi connectivity index (χ4n) is 2.29. The Hall–Kier alpha value is -1.91. The van der Waals surface area contributed by atoms with Gasteiger partial charge in [0.25, 0.3) is 0 Å². The van der Waals surface area contributed by atoms with Gasteiger partial charge in [-0.05, 0) is 43.7 Å². The monoisotopic (exact) mass is 286 g/mol. The maximum absolute atomic E-state index is 10.4. The molecular weight excluding hydrogens is 264 g/mol. The van der Waals surface area contributed by atoms with Gasteiger partial charge in [-0.3, -0.25) is 4.98 Å². The van der Waals surface area contributed by atoms with E-state index in [1.54, 1.807) is 13.3 Å². The SMILES string of the molecule is COc1ccc(C(O)C(C)NC(C)c2ccccn2)cc1. The third-order valence-corrected chi connectivity index (χ3v) is 3.58. The van der Waals surface area contributed by atoms with E-state index in [2.05, 4.69) is 10.3 Å². The lowest BCUT2D eigenvalue weighted by molar-refractivity contribution is 0.130. The summed E-state index contributed by atoms with van der Waals surface area (Å²) in [7, 11) is 1.63. The van der Waals surface area contributed by atoms with E-state index in [9.17, 15) is 5.11 Å². The standard InChI is InChI=1S/C17H22N2O2/c1-12(16-6-4-5-11-18-16)19-13(2)17(20)14-7-9-15(21-3)10-8-14/h4-13,17,19-20H,1-3H3. The number of rotatable bonds is 6. The van der Waals surface area contributed by atoms with Crippen LogP contribution in [0.4, 0.5) is 0 Å². The van der Waals surface area contributed by atoms with Crippen LogP contribution < -0.4 is 10.1 Å². The van der Waals surface area contributed by atoms with Crippen LogP contribution >= 0.6 is 0 Å². The van der Waals surface area contributed by atoms with Crippen molar-refractivity contribution in [3.63, 3.8) is 0 Å². The molecule has 0 amide bonds. The molecule has 0 bridgehead atoms. The van der Waals surface area contributed by atoms with Crippen molar-refractivity contribution in [1.82, 2.24) is 10.3 Å². The van der Waals surface area contributed by atoms with Gasteiger partial charge >= 0.3 is 0 Å². The topological polar surface area (TPSA) is 54.4 Å². The second kappa shape index (κ2) is 7.20. The van der Waals surface area contributed by atoms with Crippen LogP contribution in [0.15, 0.2) is 48.7 Å². The summed E-state index contributed by atoms with van der Waals surface area (Å²) in [6.07, 6.45) is 1.19. The van der Waals surface area contributed by atoms with Gasteiger partial charge in [0.1, 0.15) is 5.75 Å². The first-order chi connectivity index (χ1) is 10.1. The van der Waals surface area contributed by atoms with Gasteiger partial charge in [0.2, 0.25) is 0 Å². The lowest BCUT2D eigenvalue weighted by Gasteiger charge is -2.24. The van der Waals surface area contributed by atoms with Gasteiger partial charge in [0, 0.05) is 18.3 Å². The Balaban J connectivity index is 2.00. The molecule has 4 nitrogen and oxygen atoms in total. The number of nitrogens with zero attached hydrogens (tertiary/aromatic N) is 1. The lowest BCUT2D eigenvalue weighted by Crippen LogP contribution is -2.34. The van der Waals surface area contributed by atoms with Crippen molar-refractivity contribution in [2.24, 2.45) is 0 Å². The van der Waals surface area contributed by atoms with E-state index < -0.39 is 6.10 Å². The number of hydrogen-bond donors (Lipinski definition) is 2. The number of methoxy groups -OCH3 is 1. The van der Waals surface area contributed by atoms with E-state index in [0.717, 1.165) is 17.0 Å². The first-order valence-corrected chi connectivity index (χ1v) is 7.11. The van der Waals surface area contributed by atoms with E-state index in [1.165, 1.54) is 0 Å². The van der Waals surface area contributed by atoms with Crippen LogP contribution in [0.25, 0.3) is 0 Å². The average Bonchev–Trinajstić information content (AvgIpc) is 2.55. The predicted molar refractivity (Wildman–Crippen MR) is 83.2 cm³/mol. The van der Waals surface area contributed by atoms with Crippen LogP contribution in [-0.2, 0) is 0 Å². The Morgan fingerprint density at radius 3 is 2.38 bits per heavy atom. The second-order valence-corrected chi connectivity index (χ2v) is 5.15. The van der Waals surface area contributed by atoms with Crippen molar-refractivity contribution in [2.75, 3.05) is 7.11 Å². The summed E-state index contributed by atoms with van der Waals surface area (Å²) in [5, 5.41) is 13.8. The van der Waals surface area contributed by atoms with Crippen molar-refractivity contribution in [1.29, 1.82) is 0 Å². The van der Waals surface area contributed by atoms with Gasteiger partial charge in [-0.15, -0.1) is 0 Å². The molecule has 1 aromatic heterocycles. The molecule has 0 fully saturated rings. The number of ether oxygens (including phenoxy) is 1. The van der Waals surface area contributed by atoms with Gasteiger partial charge in [-0.25, -0.2) is 0 Å². The van der Waals surface area contributed by atoms with Gasteiger partial charge in [-0.1, -0.05) is 18.2 Å². The molecule has 0 saturated carbocycles. The van der Waals surface area contributed by atoms with E-state index in [4.69, 9.17) is 4.74 Å². The molecule has 0 radical (unpaired) electrons. The van der Waals surface area contributed by atoms with Crippen LogP contribution in [0.1, 0.15) is 37.3 Å². The molecule has 1 aromatic carbocycles. The average molecular weight is 286 g/mol. The normalized spacial score (nSPS) is 15.2. The Labute approximate surface area is 125 Å². The number of pyridine rings is 1. The van der Waals surface area contributed by atoms with Crippen LogP contribution in [0.5, 0.6) is 5.75 Å². The Kier molecular flexibility index (Phi) is 5.31. The summed E-state index contributed by atoms with van der Waals surface area (Å²) in [6, 6.07) is 13.3. The second-order valence-electron chi connectivity index (χ2n) is 5.15. The third kappa shape index (κ3) is 4.03. The Bertz CT molecular complexity index is 542. The van der Waals surface area contributed by atoms with Gasteiger partial charge in [-0.2, -0.15) is 0 Å². The molecule has 4 heteroatoms. The van der Waals surface area contributed by atoms with E-state index in [-0.39, 0.29) is 12.1 Å². The number of benzene rings is 1. The molecule has 0 aliphatic carbocycles. The lowest BCUT2D eigenvalue weighted by atomic mass is 10.0. The van der Waals surface area contributed by atoms with Crippen molar-refractivity contribution in [3.05, 3.63) is 59.9 Å². The molecule has 0 aliphatic heterocycles. The number of aromatic nitrogens is 1. The van der Waals surface area contributed by atoms with Gasteiger partial charge < -0.3 is 15.2 Å². The molecule has 2 aromatic rings. The maximum Gasteiger partial charge on any atom is 0.118 e. The molecule has 0 saturated heterocycles. The molecule has 3 unspecified atom stereocenters. The van der Waals surface area contributed by atoms with Crippen LogP contribution in [0.3, 0.4) is 0 Å². The van der Waals surface area contributed by atoms with E-state index in [1.807, 2.05) is 56.3 Å². The number of aliphatic hydroxyl groups is 1. The van der Waals surface area contributed by atoms with Crippen LogP contribution in [0.2, 0.25) is 0 Å². The smallest absolute Gasteiger partial charge is 0.118 e. The zero-order valence-electron chi connectivity index (χ0n) is 12.7. The molecule has 0 aliphatic rings. The largest absolute Gasteiger partial charge is 0.497 e. The van der Waals surface area contributed by atoms with Crippen molar-refractivity contribution < 1.29 is 9.84 Å². The minimum atomic E-state index is -0.581. The highest BCUT2D eigenvalue weighted by molar-refractivity contribution is 5.29. The highest BCUT2D eigenvalue weighted by Crippen LogP contribution is 2.22. The number of aliphatic hydroxyl groups excluding tert-OH is 1. The third-order valence-electron chi connectivity index (χ3n) is 3.58. The zero-order valence-corrected chi connectivity index (χ0v) is 12.7. The Morgan fingerprint density at radius 2 is 1.81 bits per heavy atom. The van der Waals surface area contributed by atoms with E-state index in [0.29, 0.717) is 0 Å². The fraction of sp³-hybridized carbons (Fsp3) is 0.353. The quantitative estimate of drug-likeness (QED) is 0.857. The minimum Gasteiger partial charge on any atom is -0.497 e. The molecule has 112 valence electrons. The molecule has 21 heavy (non-hydrogen) atoms. The highest BCUT2D eigenvalue weighted by atomic mass is 16.5. The summed E-state index contributed by atoms with van der Waals surface area (Å²) in [5.74, 6) is 0.786. The summed E-state index contributed by atoms with van der Waals surface area (Å²) < 4.78 is 5.13. The van der Waals surface area contributed by atoms with Crippen molar-refractivity contribution in [3.8, 4) is 5.75 Å². The van der Waals surface area contributed by atoms with Crippen LogP contribution in [-0.4, -0.2) is 23.2 Å². The first kappa shape index (κ1) is 15.5. The summed E-state index contributed by atoms with van der Waals surface area (Å²) >= 11 is 0. The fourth-order valence-corrected chi connectivity index (χ4v) is 2.29. The number of hydrogen-bond acceptors (Lipinski definition) is 4. The molecule has 3 atom stereocenters. The first-order valence-electron chi connectivity index (χ1n) is 7.11. The predicted octanol–water partition coefficient (Wildman–Crippen LogP) is 2.86. The highest BCUT2D eigenvalue weighted by Gasteiger charge is 2.19. The minimum absolute atomic E-state index is 0.0779. The summed E-state index contributed by atoms with van der Waals surface area (Å²) in [4.78, 5) is 4.33. The molecule has 2 N–H and O–H groups in total. The molecule has 2 rings (SSSR count). The molecular formula is C17H22N2O2. The molecule has 1 heterocycles. The van der Waals surface area contributed by atoms with Gasteiger partial charge in [0.15, 0.2) is 0 Å². The van der Waals surface area contributed by atoms with Gasteiger partial charge in [0.05, 0.1) is 18.9 Å². The Morgan fingerprint density at radius 1 is 1.10 bits per heavy atom. The maximum atomic E-state index is 10.4. The van der Waals surface area contributed by atoms with E-state index >= 15 is 0 Å². The molecule has 0 spiro atoms. The summed E-state index contributed by atoms with van der Waals surface area (Å²) in [5.41, 5.74) is 1.83. The number of nitrogens with one attached hydrogen (secondary N) is 1. The van der Waals surface area contributed by atoms with Crippen molar-refractivity contribution >= 4 is 0 Å².